The number of unbranched alkanes of at least 4 members (excludes halogenated alkanes) is 1. The molecule has 0 heterocycles. The Balaban J connectivity index is -0.000000405. The van der Waals surface area contributed by atoms with Crippen molar-refractivity contribution in [3.05, 3.63) is 0 Å². The van der Waals surface area contributed by atoms with Crippen LogP contribution in [0.5, 0.6) is 0 Å². The third-order valence-electron chi connectivity index (χ3n) is 1.75. The van der Waals surface area contributed by atoms with Crippen LogP contribution >= 0.6 is 0 Å². The van der Waals surface area contributed by atoms with Gasteiger partial charge in [-0.3, -0.25) is 4.79 Å². The normalized spacial score (nSPS) is 10.8. The van der Waals surface area contributed by atoms with Crippen molar-refractivity contribution in [3.63, 3.8) is 0 Å². The van der Waals surface area contributed by atoms with E-state index in [4.69, 9.17) is 5.11 Å². The van der Waals surface area contributed by atoms with Crippen LogP contribution in [-0.2, 0) is 32.1 Å². The quantitative estimate of drug-likeness (QED) is 0.714. The molecule has 0 aliphatic rings. The van der Waals surface area contributed by atoms with Crippen LogP contribution in [0.1, 0.15) is 39.5 Å². The molecule has 12 heavy (non-hydrogen) atoms. The van der Waals surface area contributed by atoms with Crippen LogP contribution in [0.4, 0.5) is 0 Å². The summed E-state index contributed by atoms with van der Waals surface area (Å²) < 4.78 is 0. The Morgan fingerprint density at radius 1 is 1.42 bits per heavy atom. The second-order valence-electron chi connectivity index (χ2n) is 2.59. The SMILES string of the molecule is CCCCC(CC)C(=O)O.[BaH2].[Cd]. The summed E-state index contributed by atoms with van der Waals surface area (Å²) in [5.41, 5.74) is 0. The molecule has 1 N–H and O–H groups in total. The van der Waals surface area contributed by atoms with Crippen LogP contribution in [0.3, 0.4) is 0 Å². The van der Waals surface area contributed by atoms with Crippen LogP contribution in [0.15, 0.2) is 0 Å². The third kappa shape index (κ3) is 10.0. The van der Waals surface area contributed by atoms with Gasteiger partial charge < -0.3 is 5.11 Å². The molecule has 1 unspecified atom stereocenters. The number of aliphatic carboxylic acids is 1. The smallest absolute Gasteiger partial charge is 0 e. The minimum atomic E-state index is -0.643. The fourth-order valence-electron chi connectivity index (χ4n) is 0.953. The summed E-state index contributed by atoms with van der Waals surface area (Å²) >= 11 is 0. The zero-order valence-electron chi connectivity index (χ0n) is 7.47. The van der Waals surface area contributed by atoms with E-state index in [0.717, 1.165) is 25.7 Å². The van der Waals surface area contributed by atoms with Gasteiger partial charge in [-0.05, 0) is 12.8 Å². The molecule has 0 bridgehead atoms. The van der Waals surface area contributed by atoms with Crippen molar-refractivity contribution >= 4 is 54.9 Å². The number of carbonyl (C=O) groups is 1. The Bertz CT molecular complexity index is 109. The maximum atomic E-state index is 10.4. The van der Waals surface area contributed by atoms with Gasteiger partial charge in [0.1, 0.15) is 0 Å². The van der Waals surface area contributed by atoms with Crippen molar-refractivity contribution in [1.29, 1.82) is 0 Å². The zero-order valence-corrected chi connectivity index (χ0v) is 11.5. The van der Waals surface area contributed by atoms with E-state index >= 15 is 0 Å². The second kappa shape index (κ2) is 13.0. The molecule has 2 nitrogen and oxygen atoms in total. The summed E-state index contributed by atoms with van der Waals surface area (Å²) in [5.74, 6) is -0.754. The molecule has 0 aromatic carbocycles. The van der Waals surface area contributed by atoms with E-state index in [-0.39, 0.29) is 82.1 Å². The van der Waals surface area contributed by atoms with Crippen molar-refractivity contribution in [2.75, 3.05) is 0 Å². The molecule has 0 aliphatic heterocycles. The van der Waals surface area contributed by atoms with Gasteiger partial charge in [-0.15, -0.1) is 0 Å². The minimum absolute atomic E-state index is 0. The van der Waals surface area contributed by atoms with Crippen molar-refractivity contribution in [3.8, 4) is 0 Å². The average molecular weight is 396 g/mol. The van der Waals surface area contributed by atoms with E-state index in [2.05, 4.69) is 6.92 Å². The van der Waals surface area contributed by atoms with E-state index in [9.17, 15) is 4.79 Å². The largest absolute Gasteiger partial charge is 0 e. The van der Waals surface area contributed by atoms with Crippen LogP contribution < -0.4 is 0 Å². The van der Waals surface area contributed by atoms with E-state index in [0.29, 0.717) is 0 Å². The van der Waals surface area contributed by atoms with E-state index in [1.807, 2.05) is 6.92 Å². The second-order valence-corrected chi connectivity index (χ2v) is 2.59. The van der Waals surface area contributed by atoms with E-state index in [1.165, 1.54) is 0 Å². The molecule has 0 saturated carbocycles. The van der Waals surface area contributed by atoms with Crippen molar-refractivity contribution in [2.45, 2.75) is 39.5 Å². The summed E-state index contributed by atoms with van der Waals surface area (Å²) in [4.78, 5) is 10.4. The van der Waals surface area contributed by atoms with Crippen LogP contribution in [0.2, 0.25) is 0 Å². The first-order chi connectivity index (χ1) is 4.72. The molecule has 0 amide bonds. The maximum absolute atomic E-state index is 10.4. The van der Waals surface area contributed by atoms with Gasteiger partial charge in [0.05, 0.1) is 5.92 Å². The first kappa shape index (κ1) is 19.5. The molecule has 0 radical (unpaired) electrons. The fraction of sp³-hybridized carbons (Fsp3) is 0.875. The van der Waals surface area contributed by atoms with Gasteiger partial charge in [0.2, 0.25) is 0 Å². The molecule has 0 saturated heterocycles. The predicted octanol–water partition coefficient (Wildman–Crippen LogP) is 1.37. The Morgan fingerprint density at radius 3 is 2.17 bits per heavy atom. The minimum Gasteiger partial charge on any atom is 0 e. The summed E-state index contributed by atoms with van der Waals surface area (Å²) in [7, 11) is 0. The number of rotatable bonds is 5. The van der Waals surface area contributed by atoms with E-state index in [1.54, 1.807) is 0 Å². The Hall–Kier alpha value is 1.96. The van der Waals surface area contributed by atoms with Gasteiger partial charge in [0.25, 0.3) is 0 Å². The summed E-state index contributed by atoms with van der Waals surface area (Å²) in [6, 6.07) is 0. The topological polar surface area (TPSA) is 37.3 Å². The fourth-order valence-corrected chi connectivity index (χ4v) is 0.953. The first-order valence-electron chi connectivity index (χ1n) is 3.95. The molecule has 1 atom stereocenters. The Labute approximate surface area is 135 Å². The standard InChI is InChI=1S/C8H16O2.Ba.Cd.2H/c1-3-5-6-7(4-2)8(9)10;;;;/h7H,3-6H2,1-2H3,(H,9,10);;;;. The molecular formula is C8H18BaCdO2. The van der Waals surface area contributed by atoms with E-state index < -0.39 is 5.97 Å². The molecule has 4 heteroatoms. The van der Waals surface area contributed by atoms with Crippen molar-refractivity contribution in [1.82, 2.24) is 0 Å². The maximum Gasteiger partial charge on any atom is 0 e. The average Bonchev–Trinajstić information content (AvgIpc) is 1.89. The summed E-state index contributed by atoms with van der Waals surface area (Å²) in [6.07, 6.45) is 3.71. The third-order valence-corrected chi connectivity index (χ3v) is 1.75. The van der Waals surface area contributed by atoms with Gasteiger partial charge in [0, 0.05) is 27.3 Å². The van der Waals surface area contributed by atoms with Crippen LogP contribution in [0, 0.1) is 5.92 Å². The molecule has 0 aromatic rings. The molecule has 0 fully saturated rings. The van der Waals surface area contributed by atoms with Crippen molar-refractivity contribution in [2.24, 2.45) is 5.92 Å². The van der Waals surface area contributed by atoms with Gasteiger partial charge in [0.15, 0.2) is 0 Å². The Morgan fingerprint density at radius 2 is 1.92 bits per heavy atom. The van der Waals surface area contributed by atoms with Gasteiger partial charge in [-0.2, -0.15) is 0 Å². The number of carboxylic acid groups (broad SMARTS) is 1. The number of carboxylic acids is 1. The molecule has 0 aliphatic carbocycles. The van der Waals surface area contributed by atoms with Crippen LogP contribution in [0.25, 0.3) is 0 Å². The molecule has 0 aromatic heterocycles. The summed E-state index contributed by atoms with van der Waals surface area (Å²) in [5, 5.41) is 8.60. The van der Waals surface area contributed by atoms with Gasteiger partial charge in [-0.25, -0.2) is 0 Å². The van der Waals surface area contributed by atoms with Gasteiger partial charge >= 0.3 is 54.9 Å². The van der Waals surface area contributed by atoms with Gasteiger partial charge in [-0.1, -0.05) is 26.7 Å². The summed E-state index contributed by atoms with van der Waals surface area (Å²) in [6.45, 7) is 4.00. The zero-order chi connectivity index (χ0) is 7.98. The molecule has 0 rings (SSSR count). The monoisotopic (exact) mass is 398 g/mol. The molecule has 0 spiro atoms. The predicted molar refractivity (Wildman–Crippen MR) is 49.5 cm³/mol. The van der Waals surface area contributed by atoms with Crippen LogP contribution in [-0.4, -0.2) is 60.0 Å². The Kier molecular flexibility index (Phi) is 21.1. The molecular weight excluding hydrogens is 378 g/mol. The number of hydrogen-bond donors (Lipinski definition) is 1. The number of hydrogen-bond acceptors (Lipinski definition) is 1. The van der Waals surface area contributed by atoms with Crippen molar-refractivity contribution < 1.29 is 37.2 Å². The molecule has 66 valence electrons. The first-order valence-corrected chi connectivity index (χ1v) is 3.95.